The summed E-state index contributed by atoms with van der Waals surface area (Å²) < 4.78 is 0. The normalized spacial score (nSPS) is 14.3. The van der Waals surface area contributed by atoms with Gasteiger partial charge in [-0.25, -0.2) is 0 Å². The van der Waals surface area contributed by atoms with Crippen LogP contribution >= 0.6 is 11.6 Å². The fraction of sp³-hybridized carbons (Fsp3) is 0.429. The number of carboxylic acids is 1. The zero-order chi connectivity index (χ0) is 14.5. The van der Waals surface area contributed by atoms with Gasteiger partial charge in [-0.05, 0) is 25.0 Å². The van der Waals surface area contributed by atoms with Gasteiger partial charge in [-0.1, -0.05) is 23.7 Å². The predicted molar refractivity (Wildman–Crippen MR) is 76.9 cm³/mol. The number of carbonyl (C=O) groups is 2. The minimum Gasteiger partial charge on any atom is -0.480 e. The van der Waals surface area contributed by atoms with Crippen molar-refractivity contribution in [2.45, 2.75) is 25.3 Å². The van der Waals surface area contributed by atoms with Gasteiger partial charge in [0.1, 0.15) is 0 Å². The van der Waals surface area contributed by atoms with Crippen molar-refractivity contribution in [3.63, 3.8) is 0 Å². The smallest absolute Gasteiger partial charge is 0.317 e. The zero-order valence-corrected chi connectivity index (χ0v) is 11.8. The van der Waals surface area contributed by atoms with Gasteiger partial charge in [0.05, 0.1) is 17.3 Å². The Bertz CT molecular complexity index is 503. The molecule has 2 rings (SSSR count). The van der Waals surface area contributed by atoms with Crippen LogP contribution in [-0.2, 0) is 9.59 Å². The van der Waals surface area contributed by atoms with Gasteiger partial charge in [0.2, 0.25) is 5.91 Å². The summed E-state index contributed by atoms with van der Waals surface area (Å²) >= 11 is 5.96. The lowest BCUT2D eigenvalue weighted by Crippen LogP contribution is -2.34. The van der Waals surface area contributed by atoms with Crippen molar-refractivity contribution in [3.8, 4) is 0 Å². The van der Waals surface area contributed by atoms with E-state index in [9.17, 15) is 9.59 Å². The minimum atomic E-state index is -0.858. The topological polar surface area (TPSA) is 69.6 Å². The largest absolute Gasteiger partial charge is 0.480 e. The average molecular weight is 297 g/mol. The number of hydrogen-bond acceptors (Lipinski definition) is 3. The molecule has 1 amide bonds. The van der Waals surface area contributed by atoms with Crippen LogP contribution in [0.3, 0.4) is 0 Å². The van der Waals surface area contributed by atoms with Crippen LogP contribution in [0.15, 0.2) is 24.3 Å². The van der Waals surface area contributed by atoms with Crippen molar-refractivity contribution in [1.82, 2.24) is 4.90 Å². The minimum absolute atomic E-state index is 0.00988. The van der Waals surface area contributed by atoms with Crippen LogP contribution in [0.1, 0.15) is 19.3 Å². The van der Waals surface area contributed by atoms with Crippen molar-refractivity contribution in [3.05, 3.63) is 29.3 Å². The van der Waals surface area contributed by atoms with E-state index < -0.39 is 5.97 Å². The summed E-state index contributed by atoms with van der Waals surface area (Å²) in [4.78, 5) is 24.5. The van der Waals surface area contributed by atoms with Gasteiger partial charge in [0, 0.05) is 19.0 Å². The number of carboxylic acid groups (broad SMARTS) is 1. The van der Waals surface area contributed by atoms with Gasteiger partial charge in [-0.2, -0.15) is 0 Å². The molecule has 6 heteroatoms. The highest BCUT2D eigenvalue weighted by atomic mass is 35.5. The number of nitrogens with one attached hydrogen (secondary N) is 1. The number of anilines is 1. The van der Waals surface area contributed by atoms with E-state index >= 15 is 0 Å². The second-order valence-electron chi connectivity index (χ2n) is 4.87. The third kappa shape index (κ3) is 4.51. The van der Waals surface area contributed by atoms with Gasteiger partial charge < -0.3 is 10.4 Å². The Morgan fingerprint density at radius 3 is 2.65 bits per heavy atom. The summed E-state index contributed by atoms with van der Waals surface area (Å²) in [5.74, 6) is -1.02. The Balaban J connectivity index is 1.82. The van der Waals surface area contributed by atoms with Gasteiger partial charge in [0.25, 0.3) is 0 Å². The summed E-state index contributed by atoms with van der Waals surface area (Å²) in [5.41, 5.74) is 0.579. The molecule has 1 aromatic carbocycles. The molecule has 0 aromatic heterocycles. The van der Waals surface area contributed by atoms with Gasteiger partial charge in [-0.15, -0.1) is 0 Å². The van der Waals surface area contributed by atoms with E-state index in [2.05, 4.69) is 5.32 Å². The Kier molecular flexibility index (Phi) is 4.98. The molecule has 0 unspecified atom stereocenters. The van der Waals surface area contributed by atoms with Crippen molar-refractivity contribution in [2.75, 3.05) is 18.4 Å². The molecule has 1 aliphatic carbocycles. The van der Waals surface area contributed by atoms with E-state index in [0.717, 1.165) is 12.8 Å². The average Bonchev–Trinajstić information content (AvgIpc) is 3.21. The van der Waals surface area contributed by atoms with Crippen LogP contribution < -0.4 is 5.32 Å². The molecule has 0 saturated heterocycles. The number of rotatable bonds is 7. The molecule has 1 saturated carbocycles. The molecule has 1 aromatic rings. The Morgan fingerprint density at radius 2 is 2.05 bits per heavy atom. The third-order valence-electron chi connectivity index (χ3n) is 3.18. The molecule has 0 bridgehead atoms. The van der Waals surface area contributed by atoms with E-state index in [-0.39, 0.29) is 18.9 Å². The van der Waals surface area contributed by atoms with Crippen LogP contribution in [-0.4, -0.2) is 41.0 Å². The fourth-order valence-electron chi connectivity index (χ4n) is 2.02. The first kappa shape index (κ1) is 14.8. The summed E-state index contributed by atoms with van der Waals surface area (Å²) in [7, 11) is 0. The molecule has 0 spiro atoms. The van der Waals surface area contributed by atoms with E-state index in [1.807, 2.05) is 4.90 Å². The van der Waals surface area contributed by atoms with Crippen molar-refractivity contribution in [1.29, 1.82) is 0 Å². The Hall–Kier alpha value is -1.59. The molecule has 5 nitrogen and oxygen atoms in total. The van der Waals surface area contributed by atoms with Crippen LogP contribution in [0.2, 0.25) is 5.02 Å². The molecule has 0 atom stereocenters. The molecule has 108 valence electrons. The summed E-state index contributed by atoms with van der Waals surface area (Å²) in [6, 6.07) is 7.34. The summed E-state index contributed by atoms with van der Waals surface area (Å²) in [5, 5.41) is 12.1. The lowest BCUT2D eigenvalue weighted by Gasteiger charge is -2.19. The molecule has 1 fully saturated rings. The maximum atomic E-state index is 11.9. The molecule has 0 radical (unpaired) electrons. The van der Waals surface area contributed by atoms with Gasteiger partial charge >= 0.3 is 5.97 Å². The standard InChI is InChI=1S/C14H17ClN2O3/c15-11-3-1-2-4-12(11)16-13(18)7-8-17(9-14(19)20)10-5-6-10/h1-4,10H,5-9H2,(H,16,18)(H,19,20). The molecule has 20 heavy (non-hydrogen) atoms. The Morgan fingerprint density at radius 1 is 1.35 bits per heavy atom. The lowest BCUT2D eigenvalue weighted by molar-refractivity contribution is -0.138. The van der Waals surface area contributed by atoms with Gasteiger partial charge in [0.15, 0.2) is 0 Å². The molecule has 0 aliphatic heterocycles. The summed E-state index contributed by atoms with van der Waals surface area (Å²) in [6.07, 6.45) is 2.29. The fourth-order valence-corrected chi connectivity index (χ4v) is 2.21. The number of halogens is 1. The van der Waals surface area contributed by atoms with Crippen LogP contribution in [0.5, 0.6) is 0 Å². The SMILES string of the molecule is O=C(O)CN(CCC(=O)Nc1ccccc1Cl)C1CC1. The number of nitrogens with zero attached hydrogens (tertiary/aromatic N) is 1. The molecule has 1 aliphatic rings. The van der Waals surface area contributed by atoms with Crippen molar-refractivity contribution in [2.24, 2.45) is 0 Å². The predicted octanol–water partition coefficient (Wildman–Crippen LogP) is 2.22. The van der Waals surface area contributed by atoms with Crippen molar-refractivity contribution >= 4 is 29.2 Å². The van der Waals surface area contributed by atoms with E-state index in [4.69, 9.17) is 16.7 Å². The molecule has 2 N–H and O–H groups in total. The van der Waals surface area contributed by atoms with E-state index in [0.29, 0.717) is 23.3 Å². The number of aliphatic carboxylic acids is 1. The van der Waals surface area contributed by atoms with E-state index in [1.54, 1.807) is 24.3 Å². The second kappa shape index (κ2) is 6.72. The number of carbonyl (C=O) groups excluding carboxylic acids is 1. The van der Waals surface area contributed by atoms with Crippen LogP contribution in [0, 0.1) is 0 Å². The second-order valence-corrected chi connectivity index (χ2v) is 5.28. The first-order valence-corrected chi connectivity index (χ1v) is 6.94. The first-order chi connectivity index (χ1) is 9.56. The highest BCUT2D eigenvalue weighted by molar-refractivity contribution is 6.33. The Labute approximate surface area is 122 Å². The molecular formula is C14H17ClN2O3. The highest BCUT2D eigenvalue weighted by Crippen LogP contribution is 2.26. The number of hydrogen-bond donors (Lipinski definition) is 2. The number of benzene rings is 1. The van der Waals surface area contributed by atoms with Crippen LogP contribution in [0.4, 0.5) is 5.69 Å². The molecular weight excluding hydrogens is 280 g/mol. The maximum absolute atomic E-state index is 11.9. The quantitative estimate of drug-likeness (QED) is 0.809. The highest BCUT2D eigenvalue weighted by Gasteiger charge is 2.30. The lowest BCUT2D eigenvalue weighted by atomic mass is 10.3. The monoisotopic (exact) mass is 296 g/mol. The maximum Gasteiger partial charge on any atom is 0.317 e. The number of para-hydroxylation sites is 1. The molecule has 0 heterocycles. The van der Waals surface area contributed by atoms with Crippen molar-refractivity contribution < 1.29 is 14.7 Å². The zero-order valence-electron chi connectivity index (χ0n) is 11.0. The number of amides is 1. The van der Waals surface area contributed by atoms with E-state index in [1.165, 1.54) is 0 Å². The van der Waals surface area contributed by atoms with Gasteiger partial charge in [-0.3, -0.25) is 14.5 Å². The first-order valence-electron chi connectivity index (χ1n) is 6.56. The third-order valence-corrected chi connectivity index (χ3v) is 3.51. The van der Waals surface area contributed by atoms with Crippen LogP contribution in [0.25, 0.3) is 0 Å². The summed E-state index contributed by atoms with van der Waals surface area (Å²) in [6.45, 7) is 0.442.